The second kappa shape index (κ2) is 6.36. The van der Waals surface area contributed by atoms with Crippen LogP contribution in [0.3, 0.4) is 0 Å². The first-order chi connectivity index (χ1) is 13.5. The summed E-state index contributed by atoms with van der Waals surface area (Å²) in [5.41, 5.74) is 1.33. The van der Waals surface area contributed by atoms with Gasteiger partial charge in [0, 0.05) is 44.9 Å². The molecule has 3 aliphatic rings. The number of Topliss-reactive ketones (excluding diaryl/α,β-unsaturated/α-hetero) is 1. The number of urea groups is 1. The molecule has 1 aromatic carbocycles. The van der Waals surface area contributed by atoms with Crippen molar-refractivity contribution >= 4 is 11.8 Å². The van der Waals surface area contributed by atoms with Crippen LogP contribution in [-0.2, 0) is 7.05 Å². The van der Waals surface area contributed by atoms with Crippen LogP contribution in [0.4, 0.5) is 4.79 Å². The molecule has 2 aromatic rings. The third-order valence-corrected chi connectivity index (χ3v) is 6.27. The van der Waals surface area contributed by atoms with E-state index in [4.69, 9.17) is 4.74 Å². The lowest BCUT2D eigenvalue weighted by atomic mass is 9.84. The van der Waals surface area contributed by atoms with Gasteiger partial charge in [-0.25, -0.2) is 4.79 Å². The maximum Gasteiger partial charge on any atom is 0.317 e. The van der Waals surface area contributed by atoms with Crippen LogP contribution in [0.15, 0.2) is 36.5 Å². The Morgan fingerprint density at radius 3 is 2.75 bits per heavy atom. The normalized spacial score (nSPS) is 25.2. The number of rotatable bonds is 2. The van der Waals surface area contributed by atoms with Gasteiger partial charge in [-0.1, -0.05) is 30.3 Å². The van der Waals surface area contributed by atoms with Gasteiger partial charge in [0.1, 0.15) is 11.3 Å². The molecule has 2 amide bonds. The lowest BCUT2D eigenvalue weighted by Gasteiger charge is -2.43. The summed E-state index contributed by atoms with van der Waals surface area (Å²) in [4.78, 5) is 27.0. The molecule has 1 saturated carbocycles. The topological polar surface area (TPSA) is 76.5 Å². The van der Waals surface area contributed by atoms with Crippen molar-refractivity contribution in [2.24, 2.45) is 7.05 Å². The second-order valence-corrected chi connectivity index (χ2v) is 8.16. The summed E-state index contributed by atoms with van der Waals surface area (Å²) in [7, 11) is 1.76. The maximum atomic E-state index is 12.7. The molecule has 1 aromatic heterocycles. The van der Waals surface area contributed by atoms with Crippen LogP contribution in [0, 0.1) is 0 Å². The van der Waals surface area contributed by atoms with Crippen molar-refractivity contribution in [1.82, 2.24) is 20.0 Å². The van der Waals surface area contributed by atoms with Crippen LogP contribution < -0.4 is 10.1 Å². The van der Waals surface area contributed by atoms with Gasteiger partial charge in [0.25, 0.3) is 0 Å². The summed E-state index contributed by atoms with van der Waals surface area (Å²) in [6.07, 6.45) is 4.28. The number of aryl methyl sites for hydroxylation is 1. The average Bonchev–Trinajstić information content (AvgIpc) is 3.36. The van der Waals surface area contributed by atoms with Crippen molar-refractivity contribution < 1.29 is 14.3 Å². The monoisotopic (exact) mass is 380 g/mol. The van der Waals surface area contributed by atoms with Crippen molar-refractivity contribution in [2.75, 3.05) is 13.1 Å². The predicted molar refractivity (Wildman–Crippen MR) is 102 cm³/mol. The van der Waals surface area contributed by atoms with Crippen LogP contribution in [0.25, 0.3) is 0 Å². The number of nitrogens with one attached hydrogen (secondary N) is 1. The number of aromatic nitrogens is 2. The molecule has 0 radical (unpaired) electrons. The van der Waals surface area contributed by atoms with E-state index in [1.807, 2.05) is 23.1 Å². The summed E-state index contributed by atoms with van der Waals surface area (Å²) < 4.78 is 7.76. The first-order valence-electron chi connectivity index (χ1n) is 9.89. The van der Waals surface area contributed by atoms with E-state index in [1.165, 1.54) is 5.56 Å². The second-order valence-electron chi connectivity index (χ2n) is 8.16. The minimum atomic E-state index is -0.504. The molecular weight excluding hydrogens is 356 g/mol. The number of benzene rings is 1. The molecule has 1 N–H and O–H groups in total. The molecule has 2 fully saturated rings. The molecule has 3 heterocycles. The smallest absolute Gasteiger partial charge is 0.317 e. The van der Waals surface area contributed by atoms with Gasteiger partial charge < -0.3 is 15.0 Å². The summed E-state index contributed by atoms with van der Waals surface area (Å²) in [5, 5.41) is 7.29. The Bertz CT molecular complexity index is 915. The van der Waals surface area contributed by atoms with Crippen LogP contribution in [-0.4, -0.2) is 51.2 Å². The van der Waals surface area contributed by atoms with Crippen molar-refractivity contribution in [2.45, 2.75) is 43.2 Å². The number of ether oxygens (including phenoxy) is 1. The van der Waals surface area contributed by atoms with Crippen LogP contribution in [0.2, 0.25) is 0 Å². The molecule has 2 atom stereocenters. The number of carbonyl (C=O) groups excluding carboxylic acids is 2. The standard InChI is InChI=1S/C21H24N4O3/c1-24-19-17(26)12-21(28-18(19)13-22-24)7-9-25(10-8-21)20(27)23-16-11-15(16)14-5-3-2-4-6-14/h2-6,13,15-16H,7-12H2,1H3,(H,23,27)/t15-,16+/m0/s1. The molecule has 7 heteroatoms. The molecule has 146 valence electrons. The zero-order valence-corrected chi connectivity index (χ0v) is 15.9. The molecule has 1 saturated heterocycles. The SMILES string of the molecule is Cn1ncc2c1C(=O)CC1(CCN(C(=O)N[C@@H]3C[C@H]3c3ccccc3)CC1)O2. The number of ketones is 1. The Hall–Kier alpha value is -2.83. The van der Waals surface area contributed by atoms with Crippen LogP contribution in [0.1, 0.15) is 47.7 Å². The van der Waals surface area contributed by atoms with Gasteiger partial charge >= 0.3 is 6.03 Å². The van der Waals surface area contributed by atoms with E-state index in [0.717, 1.165) is 6.42 Å². The summed E-state index contributed by atoms with van der Waals surface area (Å²) in [5.74, 6) is 1.06. The van der Waals surface area contributed by atoms with Gasteiger partial charge in [0.2, 0.25) is 0 Å². The molecule has 28 heavy (non-hydrogen) atoms. The van der Waals surface area contributed by atoms with Gasteiger partial charge in [0.15, 0.2) is 11.5 Å². The number of piperidine rings is 1. The predicted octanol–water partition coefficient (Wildman–Crippen LogP) is 2.49. The Balaban J connectivity index is 1.18. The minimum Gasteiger partial charge on any atom is -0.483 e. The lowest BCUT2D eigenvalue weighted by Crippen LogP contribution is -2.54. The average molecular weight is 380 g/mol. The molecule has 1 spiro atoms. The highest BCUT2D eigenvalue weighted by Gasteiger charge is 2.46. The van der Waals surface area contributed by atoms with Gasteiger partial charge in [-0.15, -0.1) is 0 Å². The van der Waals surface area contributed by atoms with E-state index in [2.05, 4.69) is 22.5 Å². The van der Waals surface area contributed by atoms with E-state index in [0.29, 0.717) is 49.7 Å². The Labute approximate surface area is 163 Å². The van der Waals surface area contributed by atoms with Crippen LogP contribution >= 0.6 is 0 Å². The third-order valence-electron chi connectivity index (χ3n) is 6.27. The van der Waals surface area contributed by atoms with Crippen molar-refractivity contribution in [3.63, 3.8) is 0 Å². The zero-order valence-electron chi connectivity index (χ0n) is 15.9. The van der Waals surface area contributed by atoms with Crippen LogP contribution in [0.5, 0.6) is 5.75 Å². The number of fused-ring (bicyclic) bond motifs is 1. The molecule has 5 rings (SSSR count). The first-order valence-corrected chi connectivity index (χ1v) is 9.89. The Kier molecular flexibility index (Phi) is 3.92. The Morgan fingerprint density at radius 2 is 2.00 bits per heavy atom. The number of hydrogen-bond acceptors (Lipinski definition) is 4. The summed E-state index contributed by atoms with van der Waals surface area (Å²) >= 11 is 0. The van der Waals surface area contributed by atoms with E-state index in [9.17, 15) is 9.59 Å². The summed E-state index contributed by atoms with van der Waals surface area (Å²) in [6.45, 7) is 1.19. The highest BCUT2D eigenvalue weighted by Crippen LogP contribution is 2.41. The highest BCUT2D eigenvalue weighted by atomic mass is 16.5. The number of nitrogens with zero attached hydrogens (tertiary/aromatic N) is 3. The highest BCUT2D eigenvalue weighted by molar-refractivity contribution is 5.98. The zero-order chi connectivity index (χ0) is 19.3. The molecule has 7 nitrogen and oxygen atoms in total. The van der Waals surface area contributed by atoms with Gasteiger partial charge in [-0.3, -0.25) is 9.48 Å². The molecular formula is C21H24N4O3. The summed E-state index contributed by atoms with van der Waals surface area (Å²) in [6, 6.07) is 10.5. The van der Waals surface area contributed by atoms with Crippen molar-refractivity contribution in [3.05, 3.63) is 47.8 Å². The van der Waals surface area contributed by atoms with E-state index in [1.54, 1.807) is 17.9 Å². The Morgan fingerprint density at radius 1 is 1.25 bits per heavy atom. The fourth-order valence-electron chi connectivity index (χ4n) is 4.52. The van der Waals surface area contributed by atoms with Crippen molar-refractivity contribution in [3.8, 4) is 5.75 Å². The largest absolute Gasteiger partial charge is 0.483 e. The van der Waals surface area contributed by atoms with Crippen molar-refractivity contribution in [1.29, 1.82) is 0 Å². The third kappa shape index (κ3) is 2.95. The fourth-order valence-corrected chi connectivity index (χ4v) is 4.52. The fraction of sp³-hybridized carbons (Fsp3) is 0.476. The maximum absolute atomic E-state index is 12.7. The molecule has 2 aliphatic heterocycles. The number of likely N-dealkylation sites (tertiary alicyclic amines) is 1. The van der Waals surface area contributed by atoms with Gasteiger partial charge in [0.05, 0.1) is 12.6 Å². The lowest BCUT2D eigenvalue weighted by molar-refractivity contribution is -0.00117. The van der Waals surface area contributed by atoms with E-state index >= 15 is 0 Å². The number of amides is 2. The molecule has 1 aliphatic carbocycles. The minimum absolute atomic E-state index is 0.0116. The molecule has 0 bridgehead atoms. The first kappa shape index (κ1) is 17.3. The number of hydrogen-bond donors (Lipinski definition) is 1. The molecule has 0 unspecified atom stereocenters. The van der Waals surface area contributed by atoms with E-state index < -0.39 is 5.60 Å². The van der Waals surface area contributed by atoms with E-state index in [-0.39, 0.29) is 17.9 Å². The number of carbonyl (C=O) groups is 2. The van der Waals surface area contributed by atoms with Gasteiger partial charge in [-0.05, 0) is 12.0 Å². The quantitative estimate of drug-likeness (QED) is 0.868. The van der Waals surface area contributed by atoms with Gasteiger partial charge in [-0.2, -0.15) is 5.10 Å².